The summed E-state index contributed by atoms with van der Waals surface area (Å²) in [6, 6.07) is 12.7. The molecule has 0 aliphatic carbocycles. The molecule has 0 bridgehead atoms. The average Bonchev–Trinajstić information content (AvgIpc) is 3.05. The third kappa shape index (κ3) is 1.36. The lowest BCUT2D eigenvalue weighted by Crippen LogP contribution is -1.77. The minimum Gasteiger partial charge on any atom is -0.471 e. The van der Waals surface area contributed by atoms with Gasteiger partial charge in [0.05, 0.1) is 25.1 Å². The Morgan fingerprint density at radius 1 is 0.500 bits per heavy atom. The summed E-state index contributed by atoms with van der Waals surface area (Å²) in [4.78, 5) is 0. The molecule has 0 radical (unpaired) electrons. The Hall–Kier alpha value is -2.48. The van der Waals surface area contributed by atoms with E-state index < -0.39 is 0 Å². The van der Waals surface area contributed by atoms with E-state index in [0.717, 1.165) is 21.5 Å². The largest absolute Gasteiger partial charge is 0.471 e. The average molecular weight is 234 g/mol. The topological polar surface area (TPSA) is 26.3 Å². The Kier molecular flexibility index (Phi) is 1.86. The molecular weight excluding hydrogens is 224 g/mol. The molecular formula is C16H10O2. The van der Waals surface area contributed by atoms with Gasteiger partial charge in [0.2, 0.25) is 0 Å². The highest BCUT2D eigenvalue weighted by Gasteiger charge is 2.03. The first kappa shape index (κ1) is 9.54. The number of benzene rings is 2. The quantitative estimate of drug-likeness (QED) is 0.470. The summed E-state index contributed by atoms with van der Waals surface area (Å²) in [5.41, 5.74) is 2.37. The summed E-state index contributed by atoms with van der Waals surface area (Å²) in [5, 5.41) is 4.51. The highest BCUT2D eigenvalue weighted by atomic mass is 16.3. The zero-order chi connectivity index (χ0) is 11.9. The van der Waals surface area contributed by atoms with Crippen LogP contribution >= 0.6 is 0 Å². The third-order valence-corrected chi connectivity index (χ3v) is 3.29. The van der Waals surface area contributed by atoms with Gasteiger partial charge in [-0.05, 0) is 23.3 Å². The minimum absolute atomic E-state index is 1.12. The van der Waals surface area contributed by atoms with Gasteiger partial charge in [-0.1, -0.05) is 24.3 Å². The molecule has 0 spiro atoms. The Balaban J connectivity index is 1.93. The molecule has 86 valence electrons. The van der Waals surface area contributed by atoms with Crippen LogP contribution in [0.5, 0.6) is 0 Å². The number of furan rings is 2. The van der Waals surface area contributed by atoms with Crippen LogP contribution in [0.1, 0.15) is 0 Å². The highest BCUT2D eigenvalue weighted by Crippen LogP contribution is 2.28. The molecule has 2 heterocycles. The Morgan fingerprint density at radius 2 is 0.944 bits per heavy atom. The van der Waals surface area contributed by atoms with E-state index in [0.29, 0.717) is 0 Å². The van der Waals surface area contributed by atoms with Crippen LogP contribution in [0.15, 0.2) is 70.3 Å². The second kappa shape index (κ2) is 3.50. The Bertz CT molecular complexity index is 764. The van der Waals surface area contributed by atoms with E-state index >= 15 is 0 Å². The van der Waals surface area contributed by atoms with Gasteiger partial charge in [-0.2, -0.15) is 0 Å². The van der Waals surface area contributed by atoms with Crippen LogP contribution in [-0.2, 0) is 0 Å². The molecule has 0 saturated carbocycles. The number of hydrogen-bond acceptors (Lipinski definition) is 2. The van der Waals surface area contributed by atoms with Gasteiger partial charge >= 0.3 is 0 Å². The fourth-order valence-electron chi connectivity index (χ4n) is 2.29. The predicted molar refractivity (Wildman–Crippen MR) is 71.4 cm³/mol. The Labute approximate surface area is 103 Å². The third-order valence-electron chi connectivity index (χ3n) is 3.29. The van der Waals surface area contributed by atoms with Crippen molar-refractivity contribution in [2.45, 2.75) is 0 Å². The molecule has 2 heteroatoms. The summed E-state index contributed by atoms with van der Waals surface area (Å²) < 4.78 is 10.4. The molecule has 2 nitrogen and oxygen atoms in total. The van der Waals surface area contributed by atoms with Gasteiger partial charge in [0, 0.05) is 21.5 Å². The van der Waals surface area contributed by atoms with Crippen molar-refractivity contribution in [3.63, 3.8) is 0 Å². The van der Waals surface area contributed by atoms with Crippen LogP contribution in [0.2, 0.25) is 0 Å². The monoisotopic (exact) mass is 234 g/mol. The van der Waals surface area contributed by atoms with Crippen molar-refractivity contribution in [3.8, 4) is 11.1 Å². The van der Waals surface area contributed by atoms with Crippen LogP contribution in [0.3, 0.4) is 0 Å². The molecule has 2 aromatic carbocycles. The van der Waals surface area contributed by atoms with Crippen LogP contribution in [0.25, 0.3) is 32.7 Å². The molecule has 0 aliphatic rings. The van der Waals surface area contributed by atoms with Crippen LogP contribution in [0.4, 0.5) is 0 Å². The number of hydrogen-bond donors (Lipinski definition) is 0. The molecule has 4 aromatic rings. The standard InChI is InChI=1S/C16H10O2/c1-3-13-7-17-9-15(13)5-11(1)12-2-4-14-8-18-10-16(14)6-12/h1-10H. The molecule has 4 rings (SSSR count). The zero-order valence-electron chi connectivity index (χ0n) is 9.59. The SMILES string of the molecule is c1cc2cocc2cc1-c1ccc2cocc2c1. The van der Waals surface area contributed by atoms with E-state index in [1.807, 2.05) is 0 Å². The zero-order valence-corrected chi connectivity index (χ0v) is 9.59. The molecule has 2 aromatic heterocycles. The summed E-state index contributed by atoms with van der Waals surface area (Å²) >= 11 is 0. The van der Waals surface area contributed by atoms with Crippen LogP contribution < -0.4 is 0 Å². The van der Waals surface area contributed by atoms with Crippen molar-refractivity contribution in [2.75, 3.05) is 0 Å². The molecule has 0 saturated heterocycles. The molecule has 0 fully saturated rings. The molecule has 0 aliphatic heterocycles. The number of fused-ring (bicyclic) bond motifs is 2. The second-order valence-corrected chi connectivity index (χ2v) is 4.43. The van der Waals surface area contributed by atoms with Crippen molar-refractivity contribution >= 4 is 21.5 Å². The van der Waals surface area contributed by atoms with E-state index in [9.17, 15) is 0 Å². The van der Waals surface area contributed by atoms with Gasteiger partial charge in [0.25, 0.3) is 0 Å². The fraction of sp³-hybridized carbons (Fsp3) is 0. The molecule has 0 amide bonds. The van der Waals surface area contributed by atoms with Gasteiger partial charge in [0.15, 0.2) is 0 Å². The van der Waals surface area contributed by atoms with Crippen molar-refractivity contribution in [1.29, 1.82) is 0 Å². The van der Waals surface area contributed by atoms with Gasteiger partial charge in [-0.25, -0.2) is 0 Å². The van der Waals surface area contributed by atoms with Crippen LogP contribution in [-0.4, -0.2) is 0 Å². The maximum atomic E-state index is 5.20. The Morgan fingerprint density at radius 3 is 1.44 bits per heavy atom. The maximum Gasteiger partial charge on any atom is 0.0981 e. The smallest absolute Gasteiger partial charge is 0.0981 e. The summed E-state index contributed by atoms with van der Waals surface area (Å²) in [6.45, 7) is 0. The first-order valence-corrected chi connectivity index (χ1v) is 5.82. The molecule has 0 unspecified atom stereocenters. The van der Waals surface area contributed by atoms with E-state index in [1.165, 1.54) is 11.1 Å². The van der Waals surface area contributed by atoms with Gasteiger partial charge in [-0.15, -0.1) is 0 Å². The summed E-state index contributed by atoms with van der Waals surface area (Å²) in [6.07, 6.45) is 7.07. The van der Waals surface area contributed by atoms with Crippen molar-refractivity contribution in [2.24, 2.45) is 0 Å². The normalized spacial score (nSPS) is 11.3. The molecule has 18 heavy (non-hydrogen) atoms. The lowest BCUT2D eigenvalue weighted by Gasteiger charge is -2.01. The predicted octanol–water partition coefficient (Wildman–Crippen LogP) is 4.85. The van der Waals surface area contributed by atoms with E-state index in [4.69, 9.17) is 8.83 Å². The first-order chi connectivity index (χ1) is 8.90. The molecule has 0 N–H and O–H groups in total. The number of rotatable bonds is 1. The van der Waals surface area contributed by atoms with Crippen LogP contribution in [0, 0.1) is 0 Å². The van der Waals surface area contributed by atoms with E-state index in [-0.39, 0.29) is 0 Å². The van der Waals surface area contributed by atoms with Gasteiger partial charge < -0.3 is 8.83 Å². The summed E-state index contributed by atoms with van der Waals surface area (Å²) in [7, 11) is 0. The maximum absolute atomic E-state index is 5.20. The lowest BCUT2D eigenvalue weighted by atomic mass is 10.0. The van der Waals surface area contributed by atoms with E-state index in [1.54, 1.807) is 25.1 Å². The summed E-state index contributed by atoms with van der Waals surface area (Å²) in [5.74, 6) is 0. The van der Waals surface area contributed by atoms with Crippen molar-refractivity contribution < 1.29 is 8.83 Å². The van der Waals surface area contributed by atoms with Crippen molar-refractivity contribution in [3.05, 3.63) is 61.5 Å². The highest BCUT2D eigenvalue weighted by molar-refractivity contribution is 5.90. The first-order valence-electron chi connectivity index (χ1n) is 5.82. The lowest BCUT2D eigenvalue weighted by molar-refractivity contribution is 0.572. The van der Waals surface area contributed by atoms with E-state index in [2.05, 4.69) is 36.4 Å². The fourth-order valence-corrected chi connectivity index (χ4v) is 2.29. The minimum atomic E-state index is 1.12. The van der Waals surface area contributed by atoms with Crippen molar-refractivity contribution in [1.82, 2.24) is 0 Å². The van der Waals surface area contributed by atoms with Gasteiger partial charge in [-0.3, -0.25) is 0 Å². The molecule has 0 atom stereocenters. The van der Waals surface area contributed by atoms with Gasteiger partial charge in [0.1, 0.15) is 0 Å². The second-order valence-electron chi connectivity index (χ2n) is 4.43.